The molecule has 0 aliphatic carbocycles. The van der Waals surface area contributed by atoms with Crippen molar-refractivity contribution < 1.29 is 4.79 Å². The van der Waals surface area contributed by atoms with Crippen molar-refractivity contribution in [3.8, 4) is 0 Å². The minimum Gasteiger partial charge on any atom is -0.368 e. The predicted molar refractivity (Wildman–Crippen MR) is 87.8 cm³/mol. The zero-order valence-corrected chi connectivity index (χ0v) is 13.7. The van der Waals surface area contributed by atoms with Crippen molar-refractivity contribution in [2.45, 2.75) is 20.3 Å². The molecule has 2 heterocycles. The minimum atomic E-state index is 0.0423. The Labute approximate surface area is 128 Å². The first-order chi connectivity index (χ1) is 9.92. The Kier molecular flexibility index (Phi) is 4.62. The minimum absolute atomic E-state index is 0.0423. The molecule has 0 saturated heterocycles. The molecule has 0 radical (unpaired) electrons. The second-order valence-corrected chi connectivity index (χ2v) is 6.43. The number of nitrogen functional groups attached to an aromatic ring is 1. The third-order valence-electron chi connectivity index (χ3n) is 3.13. The summed E-state index contributed by atoms with van der Waals surface area (Å²) in [4.78, 5) is 26.3. The Morgan fingerprint density at radius 2 is 2.10 bits per heavy atom. The zero-order valence-electron chi connectivity index (χ0n) is 12.9. The number of anilines is 2. The number of nitrogens with two attached hydrogens (primary N) is 1. The molecule has 0 saturated carbocycles. The Morgan fingerprint density at radius 1 is 1.38 bits per heavy atom. The highest BCUT2D eigenvalue weighted by Crippen LogP contribution is 2.31. The van der Waals surface area contributed by atoms with Gasteiger partial charge in [0.15, 0.2) is 0 Å². The van der Waals surface area contributed by atoms with Gasteiger partial charge in [-0.3, -0.25) is 4.79 Å². The predicted octanol–water partition coefficient (Wildman–Crippen LogP) is 1.89. The Morgan fingerprint density at radius 3 is 2.71 bits per heavy atom. The molecule has 0 aromatic carbocycles. The second kappa shape index (κ2) is 6.26. The van der Waals surface area contributed by atoms with E-state index >= 15 is 0 Å². The van der Waals surface area contributed by atoms with E-state index in [4.69, 9.17) is 5.73 Å². The molecule has 0 aliphatic rings. The maximum absolute atomic E-state index is 12.0. The van der Waals surface area contributed by atoms with E-state index in [0.29, 0.717) is 6.54 Å². The molecular formula is C14H21N5OS. The van der Waals surface area contributed by atoms with Gasteiger partial charge in [-0.25, -0.2) is 4.98 Å². The third kappa shape index (κ3) is 3.41. The van der Waals surface area contributed by atoms with Gasteiger partial charge in [-0.15, -0.1) is 11.3 Å². The molecule has 0 atom stereocenters. The van der Waals surface area contributed by atoms with Crippen LogP contribution in [-0.4, -0.2) is 48.0 Å². The maximum Gasteiger partial charge on any atom is 0.241 e. The lowest BCUT2D eigenvalue weighted by Crippen LogP contribution is -2.37. The van der Waals surface area contributed by atoms with Crippen molar-refractivity contribution in [3.63, 3.8) is 0 Å². The molecule has 114 valence electrons. The Bertz CT molecular complexity index is 652. The van der Waals surface area contributed by atoms with Crippen LogP contribution in [0.5, 0.6) is 0 Å². The summed E-state index contributed by atoms with van der Waals surface area (Å²) in [7, 11) is 3.51. The highest BCUT2D eigenvalue weighted by molar-refractivity contribution is 7.18. The van der Waals surface area contributed by atoms with Crippen molar-refractivity contribution in [3.05, 3.63) is 10.9 Å². The number of aromatic nitrogens is 2. The summed E-state index contributed by atoms with van der Waals surface area (Å²) < 4.78 is 0. The Balaban J connectivity index is 2.46. The Hall–Kier alpha value is -1.89. The van der Waals surface area contributed by atoms with Gasteiger partial charge in [0.05, 0.1) is 11.9 Å². The number of amides is 1. The van der Waals surface area contributed by atoms with Crippen molar-refractivity contribution in [2.75, 3.05) is 37.8 Å². The van der Waals surface area contributed by atoms with Crippen LogP contribution in [0.1, 0.15) is 18.2 Å². The van der Waals surface area contributed by atoms with Crippen LogP contribution in [0.3, 0.4) is 0 Å². The standard InChI is InChI=1S/C14H21N5OS/c1-5-6-19(8-11(20)18(3)4)12-10-7-9(2)21-13(10)17-14(15)16-12/h7H,5-6,8H2,1-4H3,(H2,15,16,17). The van der Waals surface area contributed by atoms with Crippen LogP contribution in [0.4, 0.5) is 11.8 Å². The first-order valence-corrected chi connectivity index (χ1v) is 7.72. The monoisotopic (exact) mass is 307 g/mol. The van der Waals surface area contributed by atoms with Gasteiger partial charge in [0, 0.05) is 25.5 Å². The van der Waals surface area contributed by atoms with Gasteiger partial charge in [0.25, 0.3) is 0 Å². The average Bonchev–Trinajstić information content (AvgIpc) is 2.77. The summed E-state index contributed by atoms with van der Waals surface area (Å²) in [5.74, 6) is 1.04. The fraction of sp³-hybridized carbons (Fsp3) is 0.500. The second-order valence-electron chi connectivity index (χ2n) is 5.19. The molecule has 7 heteroatoms. The number of hydrogen-bond donors (Lipinski definition) is 1. The van der Waals surface area contributed by atoms with Crippen LogP contribution in [0.2, 0.25) is 0 Å². The van der Waals surface area contributed by atoms with Crippen LogP contribution in [0.15, 0.2) is 6.07 Å². The molecule has 2 aromatic heterocycles. The van der Waals surface area contributed by atoms with E-state index in [0.717, 1.165) is 33.9 Å². The number of carbonyl (C=O) groups excluding carboxylic acids is 1. The topological polar surface area (TPSA) is 75.4 Å². The molecule has 0 bridgehead atoms. The quantitative estimate of drug-likeness (QED) is 0.913. The van der Waals surface area contributed by atoms with Crippen molar-refractivity contribution >= 4 is 39.2 Å². The van der Waals surface area contributed by atoms with Gasteiger partial charge < -0.3 is 15.5 Å². The summed E-state index contributed by atoms with van der Waals surface area (Å²) in [5.41, 5.74) is 5.82. The van der Waals surface area contributed by atoms with Gasteiger partial charge in [0.1, 0.15) is 10.6 Å². The van der Waals surface area contributed by atoms with E-state index in [1.54, 1.807) is 30.3 Å². The molecule has 6 nitrogen and oxygen atoms in total. The van der Waals surface area contributed by atoms with Crippen LogP contribution in [-0.2, 0) is 4.79 Å². The number of nitrogens with zero attached hydrogens (tertiary/aromatic N) is 4. The van der Waals surface area contributed by atoms with E-state index < -0.39 is 0 Å². The largest absolute Gasteiger partial charge is 0.368 e. The molecule has 2 rings (SSSR count). The average molecular weight is 307 g/mol. The van der Waals surface area contributed by atoms with Gasteiger partial charge in [-0.05, 0) is 19.4 Å². The molecule has 0 unspecified atom stereocenters. The molecule has 2 aromatic rings. The third-order valence-corrected chi connectivity index (χ3v) is 4.08. The lowest BCUT2D eigenvalue weighted by Gasteiger charge is -2.24. The van der Waals surface area contributed by atoms with Crippen LogP contribution in [0, 0.1) is 6.92 Å². The molecule has 0 aliphatic heterocycles. The first kappa shape index (κ1) is 15.5. The summed E-state index contributed by atoms with van der Waals surface area (Å²) >= 11 is 1.59. The number of aryl methyl sites for hydroxylation is 1. The summed E-state index contributed by atoms with van der Waals surface area (Å²) in [6, 6.07) is 2.05. The number of hydrogen-bond acceptors (Lipinski definition) is 6. The highest BCUT2D eigenvalue weighted by Gasteiger charge is 2.18. The number of thiophene rings is 1. The van der Waals surface area contributed by atoms with E-state index in [2.05, 4.69) is 23.0 Å². The van der Waals surface area contributed by atoms with Crippen LogP contribution in [0.25, 0.3) is 10.2 Å². The number of rotatable bonds is 5. The van der Waals surface area contributed by atoms with E-state index in [1.807, 2.05) is 11.8 Å². The summed E-state index contributed by atoms with van der Waals surface area (Å²) in [6.45, 7) is 5.15. The fourth-order valence-corrected chi connectivity index (χ4v) is 3.00. The zero-order chi connectivity index (χ0) is 15.6. The maximum atomic E-state index is 12.0. The molecule has 0 spiro atoms. The van der Waals surface area contributed by atoms with Crippen LogP contribution < -0.4 is 10.6 Å². The number of carbonyl (C=O) groups is 1. The first-order valence-electron chi connectivity index (χ1n) is 6.91. The van der Waals surface area contributed by atoms with E-state index in [9.17, 15) is 4.79 Å². The van der Waals surface area contributed by atoms with Crippen molar-refractivity contribution in [1.82, 2.24) is 14.9 Å². The lowest BCUT2D eigenvalue weighted by atomic mass is 10.3. The molecular weight excluding hydrogens is 286 g/mol. The number of likely N-dealkylation sites (N-methyl/N-ethyl adjacent to an activating group) is 1. The lowest BCUT2D eigenvalue weighted by molar-refractivity contribution is -0.127. The molecule has 0 fully saturated rings. The molecule has 21 heavy (non-hydrogen) atoms. The summed E-state index contributed by atoms with van der Waals surface area (Å²) in [5, 5.41) is 0.965. The summed E-state index contributed by atoms with van der Waals surface area (Å²) in [6.07, 6.45) is 0.926. The normalized spacial score (nSPS) is 10.9. The highest BCUT2D eigenvalue weighted by atomic mass is 32.1. The number of fused-ring (bicyclic) bond motifs is 1. The van der Waals surface area contributed by atoms with Gasteiger partial charge in [-0.1, -0.05) is 6.92 Å². The molecule has 2 N–H and O–H groups in total. The smallest absolute Gasteiger partial charge is 0.241 e. The van der Waals surface area contributed by atoms with Crippen LogP contribution >= 0.6 is 11.3 Å². The van der Waals surface area contributed by atoms with Crippen molar-refractivity contribution in [2.24, 2.45) is 0 Å². The van der Waals surface area contributed by atoms with Gasteiger partial charge in [0.2, 0.25) is 11.9 Å². The van der Waals surface area contributed by atoms with Gasteiger partial charge >= 0.3 is 0 Å². The SMILES string of the molecule is CCCN(CC(=O)N(C)C)c1nc(N)nc2sc(C)cc12. The van der Waals surface area contributed by atoms with E-state index in [-0.39, 0.29) is 11.9 Å². The van der Waals surface area contributed by atoms with E-state index in [1.165, 1.54) is 0 Å². The molecule has 1 amide bonds. The fourth-order valence-electron chi connectivity index (χ4n) is 2.12. The van der Waals surface area contributed by atoms with Crippen molar-refractivity contribution in [1.29, 1.82) is 0 Å². The van der Waals surface area contributed by atoms with Gasteiger partial charge in [-0.2, -0.15) is 4.98 Å².